The van der Waals surface area contributed by atoms with Crippen LogP contribution in [0.2, 0.25) is 0 Å². The molecule has 0 spiro atoms. The molecular formula is C24H26KNO6. The number of nitrogens with zero attached hydrogens (tertiary/aromatic N) is 1. The topological polar surface area (TPSA) is 96.0 Å². The van der Waals surface area contributed by atoms with E-state index in [4.69, 9.17) is 9.47 Å². The molecular weight excluding hydrogens is 437 g/mol. The Bertz CT molecular complexity index is 897. The van der Waals surface area contributed by atoms with E-state index in [-0.39, 0.29) is 76.2 Å². The van der Waals surface area contributed by atoms with Crippen LogP contribution in [-0.4, -0.2) is 42.4 Å². The molecule has 0 bridgehead atoms. The molecule has 7 nitrogen and oxygen atoms in total. The van der Waals surface area contributed by atoms with E-state index in [0.717, 1.165) is 25.7 Å². The Balaban J connectivity index is 0.00000363. The van der Waals surface area contributed by atoms with Gasteiger partial charge in [0.1, 0.15) is 0 Å². The van der Waals surface area contributed by atoms with Gasteiger partial charge in [0.2, 0.25) is 0 Å². The van der Waals surface area contributed by atoms with Crippen molar-refractivity contribution in [3.8, 4) is 11.5 Å². The molecule has 3 rings (SSSR count). The summed E-state index contributed by atoms with van der Waals surface area (Å²) in [5, 5.41) is 10.5. The number of unbranched alkanes of at least 4 members (excludes halogenated alkanes) is 3. The van der Waals surface area contributed by atoms with Crippen molar-refractivity contribution < 1.29 is 80.3 Å². The van der Waals surface area contributed by atoms with Gasteiger partial charge in [0, 0.05) is 12.5 Å². The van der Waals surface area contributed by atoms with Crippen molar-refractivity contribution in [1.29, 1.82) is 0 Å². The fourth-order valence-electron chi connectivity index (χ4n) is 3.44. The third-order valence-electron chi connectivity index (χ3n) is 5.04. The summed E-state index contributed by atoms with van der Waals surface area (Å²) >= 11 is 0. The van der Waals surface area contributed by atoms with Crippen molar-refractivity contribution >= 4 is 17.8 Å². The average Bonchev–Trinajstić information content (AvgIpc) is 3.01. The van der Waals surface area contributed by atoms with Crippen LogP contribution >= 0.6 is 0 Å². The number of aliphatic carboxylic acids is 1. The second-order valence-corrected chi connectivity index (χ2v) is 7.34. The fraction of sp³-hybridized carbons (Fsp3) is 0.375. The molecule has 2 aromatic rings. The summed E-state index contributed by atoms with van der Waals surface area (Å²) in [6.07, 6.45) is 3.73. The maximum Gasteiger partial charge on any atom is 1.00 e. The maximum atomic E-state index is 12.3. The Morgan fingerprint density at radius 3 is 1.81 bits per heavy atom. The third-order valence-corrected chi connectivity index (χ3v) is 5.04. The molecule has 0 atom stereocenters. The number of carbonyl (C=O) groups excluding carboxylic acids is 3. The number of ether oxygens (including phenoxy) is 2. The van der Waals surface area contributed by atoms with E-state index in [1.54, 1.807) is 30.3 Å². The monoisotopic (exact) mass is 463 g/mol. The predicted molar refractivity (Wildman–Crippen MR) is 112 cm³/mol. The number of rotatable bonds is 13. The van der Waals surface area contributed by atoms with Crippen LogP contribution in [0.5, 0.6) is 11.5 Å². The molecule has 1 aliphatic heterocycles. The maximum absolute atomic E-state index is 12.3. The Hall–Kier alpha value is -1.71. The summed E-state index contributed by atoms with van der Waals surface area (Å²) in [7, 11) is 0. The van der Waals surface area contributed by atoms with Crippen LogP contribution in [0, 0.1) is 0 Å². The molecule has 0 saturated heterocycles. The van der Waals surface area contributed by atoms with Crippen molar-refractivity contribution in [2.75, 3.05) is 19.8 Å². The van der Waals surface area contributed by atoms with Crippen molar-refractivity contribution in [1.82, 2.24) is 4.90 Å². The first-order valence-corrected chi connectivity index (χ1v) is 10.6. The molecule has 0 N–H and O–H groups in total. The number of hydrogen-bond acceptors (Lipinski definition) is 6. The number of carboxylic acids is 1. The minimum absolute atomic E-state index is 0. The number of amides is 2. The molecule has 32 heavy (non-hydrogen) atoms. The van der Waals surface area contributed by atoms with Gasteiger partial charge in [0.15, 0.2) is 11.5 Å². The van der Waals surface area contributed by atoms with Crippen molar-refractivity contribution in [3.63, 3.8) is 0 Å². The second-order valence-electron chi connectivity index (χ2n) is 7.34. The van der Waals surface area contributed by atoms with Gasteiger partial charge in [-0.05, 0) is 49.9 Å². The minimum Gasteiger partial charge on any atom is -0.550 e. The van der Waals surface area contributed by atoms with Gasteiger partial charge in [-0.2, -0.15) is 0 Å². The van der Waals surface area contributed by atoms with Gasteiger partial charge >= 0.3 is 51.4 Å². The quantitative estimate of drug-likeness (QED) is 0.233. The number of imide groups is 1. The molecule has 2 amide bonds. The van der Waals surface area contributed by atoms with Crippen LogP contribution < -0.4 is 66.0 Å². The number of hydrogen-bond donors (Lipinski definition) is 0. The molecule has 0 aliphatic carbocycles. The zero-order chi connectivity index (χ0) is 22.1. The zero-order valence-electron chi connectivity index (χ0n) is 18.4. The number of fused-ring (bicyclic) bond motifs is 1. The molecule has 0 radical (unpaired) electrons. The average molecular weight is 464 g/mol. The Kier molecular flexibility index (Phi) is 11.4. The number of carboxylic acid groups (broad SMARTS) is 1. The number of benzene rings is 2. The van der Waals surface area contributed by atoms with Crippen molar-refractivity contribution in [3.05, 3.63) is 59.7 Å². The normalized spacial score (nSPS) is 12.3. The summed E-state index contributed by atoms with van der Waals surface area (Å²) in [6, 6.07) is 14.2. The Morgan fingerprint density at radius 2 is 1.25 bits per heavy atom. The van der Waals surface area contributed by atoms with E-state index in [1.807, 2.05) is 18.2 Å². The number of carbonyl (C=O) groups is 3. The van der Waals surface area contributed by atoms with Gasteiger partial charge < -0.3 is 19.4 Å². The van der Waals surface area contributed by atoms with E-state index in [1.165, 1.54) is 4.90 Å². The number of para-hydroxylation sites is 2. The van der Waals surface area contributed by atoms with E-state index < -0.39 is 5.97 Å². The smallest absolute Gasteiger partial charge is 0.550 e. The van der Waals surface area contributed by atoms with Gasteiger partial charge in [-0.15, -0.1) is 0 Å². The van der Waals surface area contributed by atoms with Gasteiger partial charge in [0.25, 0.3) is 11.8 Å². The van der Waals surface area contributed by atoms with Gasteiger partial charge in [-0.1, -0.05) is 37.1 Å². The van der Waals surface area contributed by atoms with E-state index in [9.17, 15) is 19.5 Å². The van der Waals surface area contributed by atoms with Gasteiger partial charge in [-0.25, -0.2) is 0 Å². The van der Waals surface area contributed by atoms with Crippen LogP contribution in [-0.2, 0) is 4.79 Å². The summed E-state index contributed by atoms with van der Waals surface area (Å²) in [6.45, 7) is 1.23. The molecule has 0 saturated carbocycles. The molecule has 0 aromatic heterocycles. The van der Waals surface area contributed by atoms with Gasteiger partial charge in [0.05, 0.1) is 24.3 Å². The largest absolute Gasteiger partial charge is 1.00 e. The summed E-state index contributed by atoms with van der Waals surface area (Å²) in [5.74, 6) is -0.287. The predicted octanol–water partition coefficient (Wildman–Crippen LogP) is -0.165. The first-order valence-electron chi connectivity index (χ1n) is 10.6. The van der Waals surface area contributed by atoms with Gasteiger partial charge in [-0.3, -0.25) is 14.5 Å². The van der Waals surface area contributed by atoms with Crippen LogP contribution in [0.15, 0.2) is 48.5 Å². The summed E-state index contributed by atoms with van der Waals surface area (Å²) in [5.41, 5.74) is 0.975. The minimum atomic E-state index is -1.09. The Labute approximate surface area is 230 Å². The van der Waals surface area contributed by atoms with E-state index in [2.05, 4.69) is 0 Å². The molecule has 0 unspecified atom stereocenters. The molecule has 1 aliphatic rings. The molecule has 2 aromatic carbocycles. The standard InChI is InChI=1S/C24H27NO6.K/c26-22(27)14-9-17-31-21-13-6-5-12-20(21)30-16-8-2-1-7-15-25-23(28)18-10-3-4-11-19(18)24(25)29;/h3-6,10-13H,1-2,7-9,14-17H2,(H,26,27);/q;+1/p-1. The van der Waals surface area contributed by atoms with Crippen molar-refractivity contribution in [2.45, 2.75) is 38.5 Å². The second kappa shape index (κ2) is 13.7. The molecule has 1 heterocycles. The first kappa shape index (κ1) is 26.5. The van der Waals surface area contributed by atoms with Crippen LogP contribution in [0.25, 0.3) is 0 Å². The first-order chi connectivity index (χ1) is 15.1. The fourth-order valence-corrected chi connectivity index (χ4v) is 3.44. The van der Waals surface area contributed by atoms with E-state index >= 15 is 0 Å². The van der Waals surface area contributed by atoms with Crippen molar-refractivity contribution in [2.24, 2.45) is 0 Å². The van der Waals surface area contributed by atoms with E-state index in [0.29, 0.717) is 42.2 Å². The van der Waals surface area contributed by atoms with Crippen LogP contribution in [0.3, 0.4) is 0 Å². The van der Waals surface area contributed by atoms with Crippen LogP contribution in [0.4, 0.5) is 0 Å². The third kappa shape index (κ3) is 7.42. The molecule has 164 valence electrons. The summed E-state index contributed by atoms with van der Waals surface area (Å²) in [4.78, 5) is 36.4. The van der Waals surface area contributed by atoms with Crippen LogP contribution in [0.1, 0.15) is 59.2 Å². The SMILES string of the molecule is O=C([O-])CCCOc1ccccc1OCCCCCCN1C(=O)c2ccccc2C1=O.[K+]. The molecule has 0 fully saturated rings. The Morgan fingerprint density at radius 1 is 0.750 bits per heavy atom. The molecule has 8 heteroatoms. The zero-order valence-corrected chi connectivity index (χ0v) is 21.5. The summed E-state index contributed by atoms with van der Waals surface area (Å²) < 4.78 is 11.4.